The van der Waals surface area contributed by atoms with Gasteiger partial charge in [-0.3, -0.25) is 9.69 Å². The molecule has 2 fully saturated rings. The number of rotatable bonds is 6. The van der Waals surface area contributed by atoms with E-state index in [-0.39, 0.29) is 30.5 Å². The lowest BCUT2D eigenvalue weighted by molar-refractivity contribution is -0.132. The third kappa shape index (κ3) is 5.09. The SMILES string of the molecule is CC(C)(C)OC(=O)N1C2CCC(C2)C1C(=O)NC(C=O)(CN)Cc1ccc(Br)cc1F. The summed E-state index contributed by atoms with van der Waals surface area (Å²) < 4.78 is 20.5. The zero-order chi connectivity index (χ0) is 23.0. The van der Waals surface area contributed by atoms with E-state index in [1.165, 1.54) is 11.0 Å². The van der Waals surface area contributed by atoms with Crippen LogP contribution in [-0.4, -0.2) is 53.0 Å². The van der Waals surface area contributed by atoms with Crippen LogP contribution in [0.5, 0.6) is 0 Å². The summed E-state index contributed by atoms with van der Waals surface area (Å²) in [5, 5.41) is 2.73. The number of likely N-dealkylation sites (tertiary alicyclic amines) is 1. The first-order valence-corrected chi connectivity index (χ1v) is 11.2. The van der Waals surface area contributed by atoms with Crippen molar-refractivity contribution in [2.75, 3.05) is 6.54 Å². The molecule has 4 atom stereocenters. The summed E-state index contributed by atoms with van der Waals surface area (Å²) in [4.78, 5) is 39.6. The second-order valence-corrected chi connectivity index (χ2v) is 10.4. The molecule has 3 N–H and O–H groups in total. The van der Waals surface area contributed by atoms with Gasteiger partial charge in [0.15, 0.2) is 0 Å². The second-order valence-electron chi connectivity index (χ2n) is 9.44. The van der Waals surface area contributed by atoms with Gasteiger partial charge in [-0.2, -0.15) is 0 Å². The predicted octanol–water partition coefficient (Wildman–Crippen LogP) is 2.93. The van der Waals surface area contributed by atoms with Crippen molar-refractivity contribution >= 4 is 34.2 Å². The van der Waals surface area contributed by atoms with Gasteiger partial charge in [0.1, 0.15) is 29.3 Å². The number of carbonyl (C=O) groups is 3. The molecule has 31 heavy (non-hydrogen) atoms. The number of hydrogen-bond acceptors (Lipinski definition) is 5. The van der Waals surface area contributed by atoms with Crippen molar-refractivity contribution in [1.82, 2.24) is 10.2 Å². The Balaban J connectivity index is 1.82. The maximum atomic E-state index is 14.4. The van der Waals surface area contributed by atoms with E-state index in [0.717, 1.165) is 19.3 Å². The maximum Gasteiger partial charge on any atom is 0.411 e. The Morgan fingerprint density at radius 2 is 2.06 bits per heavy atom. The number of carbonyl (C=O) groups excluding carboxylic acids is 3. The Hall–Kier alpha value is -2.00. The average molecular weight is 498 g/mol. The van der Waals surface area contributed by atoms with Gasteiger partial charge < -0.3 is 20.6 Å². The number of nitrogens with one attached hydrogen (secondary N) is 1. The first kappa shape index (κ1) is 23.7. The molecular formula is C22H29BrFN3O4. The van der Waals surface area contributed by atoms with Crippen molar-refractivity contribution in [1.29, 1.82) is 0 Å². The van der Waals surface area contributed by atoms with E-state index >= 15 is 0 Å². The summed E-state index contributed by atoms with van der Waals surface area (Å²) >= 11 is 3.20. The zero-order valence-electron chi connectivity index (χ0n) is 18.0. The van der Waals surface area contributed by atoms with E-state index < -0.39 is 35.0 Å². The monoisotopic (exact) mass is 497 g/mol. The van der Waals surface area contributed by atoms with Crippen LogP contribution in [-0.2, 0) is 20.7 Å². The van der Waals surface area contributed by atoms with Crippen molar-refractivity contribution in [3.8, 4) is 0 Å². The zero-order valence-corrected chi connectivity index (χ0v) is 19.6. The number of nitrogens with two attached hydrogens (primary N) is 1. The fraction of sp³-hybridized carbons (Fsp3) is 0.591. The van der Waals surface area contributed by atoms with E-state index in [4.69, 9.17) is 10.5 Å². The number of nitrogens with zero attached hydrogens (tertiary/aromatic N) is 1. The quantitative estimate of drug-likeness (QED) is 0.588. The molecule has 4 unspecified atom stereocenters. The molecule has 2 aliphatic rings. The summed E-state index contributed by atoms with van der Waals surface area (Å²) in [5.41, 5.74) is 3.96. The highest BCUT2D eigenvalue weighted by molar-refractivity contribution is 9.10. The standard InChI is InChI=1S/C22H29BrFN3O4/c1-21(2,3)31-20(30)27-16-7-5-13(8-16)18(27)19(29)26-22(11-25,12-28)10-14-4-6-15(23)9-17(14)24/h4,6,9,12-13,16,18H,5,7-8,10-11,25H2,1-3H3,(H,26,29). The fourth-order valence-corrected chi connectivity index (χ4v) is 4.85. The second kappa shape index (κ2) is 8.86. The summed E-state index contributed by atoms with van der Waals surface area (Å²) in [6, 6.07) is 3.69. The molecule has 170 valence electrons. The van der Waals surface area contributed by atoms with Gasteiger partial charge in [0.2, 0.25) is 5.91 Å². The van der Waals surface area contributed by atoms with Crippen LogP contribution >= 0.6 is 15.9 Å². The number of piperidine rings is 1. The van der Waals surface area contributed by atoms with Crippen LogP contribution in [0.1, 0.15) is 45.6 Å². The van der Waals surface area contributed by atoms with Crippen molar-refractivity contribution in [3.63, 3.8) is 0 Å². The molecule has 1 aromatic rings. The van der Waals surface area contributed by atoms with Gasteiger partial charge in [0.05, 0.1) is 0 Å². The molecule has 1 aliphatic carbocycles. The van der Waals surface area contributed by atoms with Gasteiger partial charge in [-0.25, -0.2) is 9.18 Å². The summed E-state index contributed by atoms with van der Waals surface area (Å²) in [7, 11) is 0. The molecule has 2 amide bonds. The smallest absolute Gasteiger partial charge is 0.411 e. The molecule has 1 saturated carbocycles. The average Bonchev–Trinajstić information content (AvgIpc) is 3.29. The van der Waals surface area contributed by atoms with Gasteiger partial charge in [-0.15, -0.1) is 0 Å². The largest absolute Gasteiger partial charge is 0.444 e. The highest BCUT2D eigenvalue weighted by Crippen LogP contribution is 2.43. The first-order valence-electron chi connectivity index (χ1n) is 10.4. The third-order valence-corrected chi connectivity index (χ3v) is 6.43. The summed E-state index contributed by atoms with van der Waals surface area (Å²) in [6.45, 7) is 5.11. The van der Waals surface area contributed by atoms with Gasteiger partial charge in [0, 0.05) is 23.5 Å². The topological polar surface area (TPSA) is 102 Å². The molecule has 1 heterocycles. The Kier molecular flexibility index (Phi) is 6.76. The van der Waals surface area contributed by atoms with Gasteiger partial charge >= 0.3 is 6.09 Å². The Morgan fingerprint density at radius 1 is 1.35 bits per heavy atom. The van der Waals surface area contributed by atoms with Crippen LogP contribution in [0.15, 0.2) is 22.7 Å². The third-order valence-electron chi connectivity index (χ3n) is 5.94. The van der Waals surface area contributed by atoms with Crippen LogP contribution in [0.3, 0.4) is 0 Å². The predicted molar refractivity (Wildman–Crippen MR) is 117 cm³/mol. The van der Waals surface area contributed by atoms with E-state index in [1.54, 1.807) is 32.9 Å². The van der Waals surface area contributed by atoms with Crippen LogP contribution in [0.25, 0.3) is 0 Å². The lowest BCUT2D eigenvalue weighted by Gasteiger charge is -2.37. The highest BCUT2D eigenvalue weighted by atomic mass is 79.9. The lowest BCUT2D eigenvalue weighted by Crippen LogP contribution is -2.62. The molecule has 3 rings (SSSR count). The molecule has 1 aliphatic heterocycles. The van der Waals surface area contributed by atoms with Crippen molar-refractivity contribution in [3.05, 3.63) is 34.1 Å². The van der Waals surface area contributed by atoms with E-state index in [2.05, 4.69) is 21.2 Å². The molecule has 0 aromatic heterocycles. The molecule has 0 spiro atoms. The van der Waals surface area contributed by atoms with Crippen LogP contribution in [0.2, 0.25) is 0 Å². The Morgan fingerprint density at radius 3 is 2.65 bits per heavy atom. The Labute approximate surface area is 190 Å². The van der Waals surface area contributed by atoms with Crippen molar-refractivity contribution in [2.24, 2.45) is 11.7 Å². The molecule has 7 nitrogen and oxygen atoms in total. The minimum atomic E-state index is -1.48. The molecule has 9 heteroatoms. The number of benzene rings is 1. The minimum Gasteiger partial charge on any atom is -0.444 e. The van der Waals surface area contributed by atoms with E-state index in [9.17, 15) is 18.8 Å². The first-order chi connectivity index (χ1) is 14.5. The lowest BCUT2D eigenvalue weighted by atomic mass is 9.90. The summed E-state index contributed by atoms with van der Waals surface area (Å²) in [5.74, 6) is -0.976. The van der Waals surface area contributed by atoms with Crippen LogP contribution < -0.4 is 11.1 Å². The highest BCUT2D eigenvalue weighted by Gasteiger charge is 2.53. The van der Waals surface area contributed by atoms with Gasteiger partial charge in [-0.05, 0) is 63.6 Å². The number of amides is 2. The van der Waals surface area contributed by atoms with E-state index in [1.807, 2.05) is 0 Å². The van der Waals surface area contributed by atoms with E-state index in [0.29, 0.717) is 10.8 Å². The molecule has 1 aromatic carbocycles. The maximum absolute atomic E-state index is 14.4. The molecular weight excluding hydrogens is 469 g/mol. The Bertz CT molecular complexity index is 875. The van der Waals surface area contributed by atoms with Crippen molar-refractivity contribution < 1.29 is 23.5 Å². The number of aldehydes is 1. The molecule has 0 radical (unpaired) electrons. The molecule has 1 saturated heterocycles. The van der Waals surface area contributed by atoms with Gasteiger partial charge in [0.25, 0.3) is 0 Å². The van der Waals surface area contributed by atoms with Gasteiger partial charge in [-0.1, -0.05) is 22.0 Å². The fourth-order valence-electron chi connectivity index (χ4n) is 4.51. The van der Waals surface area contributed by atoms with Crippen molar-refractivity contribution in [2.45, 2.75) is 69.7 Å². The summed E-state index contributed by atoms with van der Waals surface area (Å²) in [6.07, 6.45) is 2.27. The van der Waals surface area contributed by atoms with Crippen LogP contribution in [0.4, 0.5) is 9.18 Å². The number of fused-ring (bicyclic) bond motifs is 2. The molecule has 2 bridgehead atoms. The van der Waals surface area contributed by atoms with Crippen LogP contribution in [0, 0.1) is 11.7 Å². The normalized spacial score (nSPS) is 24.6. The number of halogens is 2. The minimum absolute atomic E-state index is 0.0101. The number of ether oxygens (including phenoxy) is 1. The number of hydrogen-bond donors (Lipinski definition) is 2.